The van der Waals surface area contributed by atoms with Crippen LogP contribution in [0.15, 0.2) is 58.3 Å². The Balaban J connectivity index is 1.16. The monoisotopic (exact) mass is 672 g/mol. The van der Waals surface area contributed by atoms with Crippen LogP contribution in [0.5, 0.6) is 5.88 Å². The molecule has 0 saturated carbocycles. The van der Waals surface area contributed by atoms with Gasteiger partial charge >= 0.3 is 5.69 Å². The van der Waals surface area contributed by atoms with Crippen LogP contribution in [0.3, 0.4) is 0 Å². The average Bonchev–Trinajstić information content (AvgIpc) is 3.45. The third-order valence-corrected chi connectivity index (χ3v) is 10.2. The number of carbonyl (C=O) groups excluding carboxylic acids is 2. The molecule has 4 aromatic rings. The number of rotatable bonds is 6. The van der Waals surface area contributed by atoms with Gasteiger partial charge in [0.15, 0.2) is 0 Å². The molecule has 1 N–H and O–H groups in total. The Labute approximate surface area is 280 Å². The van der Waals surface area contributed by atoms with Gasteiger partial charge in [0.1, 0.15) is 11.4 Å². The summed E-state index contributed by atoms with van der Waals surface area (Å²) in [6.45, 7) is 5.06. The number of nitrogens with one attached hydrogen (secondary N) is 1. The number of halogens is 2. The van der Waals surface area contributed by atoms with Gasteiger partial charge in [0.05, 0.1) is 23.5 Å². The van der Waals surface area contributed by atoms with Crippen molar-refractivity contribution in [3.8, 4) is 28.3 Å². The van der Waals surface area contributed by atoms with Crippen LogP contribution in [0.2, 0.25) is 5.02 Å². The van der Waals surface area contributed by atoms with Gasteiger partial charge in [-0.05, 0) is 36.6 Å². The summed E-state index contributed by atoms with van der Waals surface area (Å²) in [6.07, 6.45) is 2.88. The summed E-state index contributed by atoms with van der Waals surface area (Å²) in [5.41, 5.74) is 2.15. The molecule has 2 fully saturated rings. The maximum absolute atomic E-state index is 16.4. The number of carbonyl (C=O) groups is 2. The highest BCUT2D eigenvalue weighted by Gasteiger charge is 2.55. The number of ether oxygens (including phenoxy) is 1. The number of hydrogen-bond donors (Lipinski definition) is 1. The molecule has 2 saturated heterocycles. The van der Waals surface area contributed by atoms with Crippen molar-refractivity contribution >= 4 is 29.1 Å². The molecule has 48 heavy (non-hydrogen) atoms. The van der Waals surface area contributed by atoms with Gasteiger partial charge in [0.25, 0.3) is 11.5 Å². The molecule has 13 heteroatoms. The summed E-state index contributed by atoms with van der Waals surface area (Å²) < 4.78 is 24.2. The van der Waals surface area contributed by atoms with Crippen molar-refractivity contribution in [1.29, 1.82) is 0 Å². The molecule has 2 aromatic carbocycles. The lowest BCUT2D eigenvalue weighted by Gasteiger charge is -2.61. The smallest absolute Gasteiger partial charge is 0.330 e. The molecule has 7 rings (SSSR count). The maximum Gasteiger partial charge on any atom is 0.330 e. The molecule has 3 aliphatic rings. The van der Waals surface area contributed by atoms with E-state index in [1.165, 1.54) is 20.3 Å². The van der Waals surface area contributed by atoms with Gasteiger partial charge in [-0.25, -0.2) is 14.2 Å². The fourth-order valence-electron chi connectivity index (χ4n) is 7.39. The number of benzene rings is 2. The molecule has 1 atom stereocenters. The zero-order valence-electron chi connectivity index (χ0n) is 27.0. The van der Waals surface area contributed by atoms with E-state index in [0.29, 0.717) is 17.1 Å². The lowest BCUT2D eigenvalue weighted by atomic mass is 9.72. The van der Waals surface area contributed by atoms with Crippen LogP contribution in [-0.4, -0.2) is 69.0 Å². The number of nitrogens with zero attached hydrogens (tertiary/aromatic N) is 5. The topological polar surface area (TPSA) is 119 Å². The molecule has 4 heterocycles. The van der Waals surface area contributed by atoms with Gasteiger partial charge in [0.2, 0.25) is 11.8 Å². The number of likely N-dealkylation sites (tertiary alicyclic amines) is 2. The zero-order valence-corrected chi connectivity index (χ0v) is 27.7. The number of hydrogen-bond acceptors (Lipinski definition) is 7. The maximum atomic E-state index is 16.4. The summed E-state index contributed by atoms with van der Waals surface area (Å²) in [6, 6.07) is 11.9. The van der Waals surface area contributed by atoms with Crippen LogP contribution in [0.1, 0.15) is 40.9 Å². The number of aromatic nitrogens is 3. The first-order valence-corrected chi connectivity index (χ1v) is 16.0. The van der Waals surface area contributed by atoms with Gasteiger partial charge in [0, 0.05) is 87.1 Å². The molecule has 1 spiro atoms. The van der Waals surface area contributed by atoms with E-state index in [1.807, 2.05) is 11.0 Å². The Morgan fingerprint density at radius 2 is 1.73 bits per heavy atom. The molecule has 1 aliphatic carbocycles. The van der Waals surface area contributed by atoms with E-state index in [-0.39, 0.29) is 44.8 Å². The van der Waals surface area contributed by atoms with E-state index in [1.54, 1.807) is 50.4 Å². The molecule has 0 radical (unpaired) electrons. The van der Waals surface area contributed by atoms with Gasteiger partial charge in [-0.1, -0.05) is 35.9 Å². The van der Waals surface area contributed by atoms with Crippen molar-refractivity contribution in [2.75, 3.05) is 38.6 Å². The van der Waals surface area contributed by atoms with Gasteiger partial charge in [-0.15, -0.1) is 0 Å². The lowest BCUT2D eigenvalue weighted by molar-refractivity contribution is -0.161. The third-order valence-electron chi connectivity index (χ3n) is 9.84. The van der Waals surface area contributed by atoms with Crippen LogP contribution in [0.25, 0.3) is 22.4 Å². The lowest BCUT2D eigenvalue weighted by Crippen LogP contribution is -2.72. The molecule has 11 nitrogen and oxygen atoms in total. The quantitative estimate of drug-likeness (QED) is 0.329. The summed E-state index contributed by atoms with van der Waals surface area (Å²) in [5, 5.41) is 2.71. The summed E-state index contributed by atoms with van der Waals surface area (Å²) in [4.78, 5) is 58.5. The summed E-state index contributed by atoms with van der Waals surface area (Å²) in [5.74, 6) is -0.704. The molecule has 0 bridgehead atoms. The normalized spacial score (nSPS) is 17.9. The standard InChI is InChI=1S/C35H34ClFN6O5/c1-19(44)42-15-35(16-42)17-43(18-35)27-12-11-20-13-26(39-32(48-4)28(20)27)23-9-5-8-22(30(23)37)21-7-6-10-25(29(21)36)38-31(45)24-14-40(2)34(47)41(3)33(24)46/h5-10,13-14,27H,11-12,15-18H2,1-4H3,(H,38,45)/t27-/m0/s1. The minimum atomic E-state index is -0.758. The van der Waals surface area contributed by atoms with E-state index in [4.69, 9.17) is 21.3 Å². The Hall–Kier alpha value is -4.81. The molecule has 2 aliphatic heterocycles. The first kappa shape index (κ1) is 31.8. The number of fused-ring (bicyclic) bond motifs is 1. The molecule has 2 aromatic heterocycles. The van der Waals surface area contributed by atoms with Gasteiger partial charge in [-0.2, -0.15) is 0 Å². The zero-order chi connectivity index (χ0) is 34.1. The third kappa shape index (κ3) is 5.10. The van der Waals surface area contributed by atoms with E-state index in [0.717, 1.165) is 59.3 Å². The highest BCUT2D eigenvalue weighted by molar-refractivity contribution is 6.36. The van der Waals surface area contributed by atoms with Crippen LogP contribution >= 0.6 is 11.6 Å². The highest BCUT2D eigenvalue weighted by atomic mass is 35.5. The fraction of sp³-hybridized carbons (Fsp3) is 0.343. The number of methoxy groups -OCH3 is 1. The van der Waals surface area contributed by atoms with Crippen molar-refractivity contribution in [2.24, 2.45) is 19.5 Å². The summed E-state index contributed by atoms with van der Waals surface area (Å²) >= 11 is 6.74. The van der Waals surface area contributed by atoms with Crippen LogP contribution in [0, 0.1) is 11.2 Å². The van der Waals surface area contributed by atoms with Crippen molar-refractivity contribution < 1.29 is 18.7 Å². The molecule has 0 unspecified atom stereocenters. The van der Waals surface area contributed by atoms with Gasteiger partial charge in [-0.3, -0.25) is 23.9 Å². The van der Waals surface area contributed by atoms with E-state index in [9.17, 15) is 19.2 Å². The molecular formula is C35H34ClFN6O5. The van der Waals surface area contributed by atoms with Crippen molar-refractivity contribution in [3.63, 3.8) is 0 Å². The first-order chi connectivity index (χ1) is 22.9. The van der Waals surface area contributed by atoms with Gasteiger partial charge < -0.3 is 19.5 Å². The number of aryl methyl sites for hydroxylation is 2. The van der Waals surface area contributed by atoms with Crippen molar-refractivity contribution in [2.45, 2.75) is 25.8 Å². The largest absolute Gasteiger partial charge is 0.481 e. The number of amides is 2. The van der Waals surface area contributed by atoms with Crippen LogP contribution in [-0.2, 0) is 25.3 Å². The van der Waals surface area contributed by atoms with Crippen LogP contribution in [0.4, 0.5) is 10.1 Å². The second-order valence-corrected chi connectivity index (χ2v) is 13.4. The van der Waals surface area contributed by atoms with E-state index in [2.05, 4.69) is 10.2 Å². The fourth-order valence-corrected chi connectivity index (χ4v) is 7.67. The van der Waals surface area contributed by atoms with E-state index >= 15 is 4.39 Å². The Kier molecular flexibility index (Phi) is 7.75. The van der Waals surface area contributed by atoms with Crippen molar-refractivity contribution in [3.05, 3.63) is 97.0 Å². The minimum Gasteiger partial charge on any atom is -0.481 e. The van der Waals surface area contributed by atoms with Crippen molar-refractivity contribution in [1.82, 2.24) is 23.9 Å². The predicted molar refractivity (Wildman–Crippen MR) is 179 cm³/mol. The number of anilines is 1. The number of pyridine rings is 1. The molecule has 2 amide bonds. The Morgan fingerprint density at radius 3 is 2.44 bits per heavy atom. The van der Waals surface area contributed by atoms with Crippen LogP contribution < -0.4 is 21.3 Å². The minimum absolute atomic E-state index is 0.0797. The summed E-state index contributed by atoms with van der Waals surface area (Å²) in [7, 11) is 4.30. The Morgan fingerprint density at radius 1 is 1.04 bits per heavy atom. The molecular weight excluding hydrogens is 639 g/mol. The Bertz CT molecular complexity index is 2130. The first-order valence-electron chi connectivity index (χ1n) is 15.6. The average molecular weight is 673 g/mol. The SMILES string of the molecule is COc1nc(-c2cccc(-c3cccc(NC(=O)c4cn(C)c(=O)n(C)c4=O)c3Cl)c2F)cc2c1[C@@H](N1CC3(CN(C(C)=O)C3)C1)CC2. The second-order valence-electron chi connectivity index (χ2n) is 13.0. The van der Waals surface area contributed by atoms with E-state index < -0.39 is 23.0 Å². The molecule has 248 valence electrons. The predicted octanol–water partition coefficient (Wildman–Crippen LogP) is 4.02. The highest BCUT2D eigenvalue weighted by Crippen LogP contribution is 2.50. The second kappa shape index (κ2) is 11.7.